The Bertz CT molecular complexity index is 1020. The fourth-order valence-electron chi connectivity index (χ4n) is 3.95. The Morgan fingerprint density at radius 2 is 1.80 bits per heavy atom. The van der Waals surface area contributed by atoms with Gasteiger partial charge in [-0.25, -0.2) is 0 Å². The van der Waals surface area contributed by atoms with E-state index in [1.807, 2.05) is 4.90 Å². The summed E-state index contributed by atoms with van der Waals surface area (Å²) in [6, 6.07) is 3.51. The standard InChI is InChI=1S/C20H24N4O6/c1-27-13-5-4-11(16(28-2)17(13)29-3)12-10-14(25)21-18-15(12)19(26)23-20(22-18)24-6-8-30-9-7-24/h4-5,12H,6-10H2,1-3H3,(H2,21,22,23,25,26)/t12-/m1/s1. The molecular formula is C20H24N4O6. The SMILES string of the molecule is COc1ccc([C@H]2CC(=O)Nc3nc(N4CCOCC4)[nH]c(=O)c32)c(OC)c1OC. The van der Waals surface area contributed by atoms with E-state index in [1.54, 1.807) is 12.1 Å². The minimum atomic E-state index is -0.543. The van der Waals surface area contributed by atoms with Gasteiger partial charge in [0.15, 0.2) is 11.5 Å². The van der Waals surface area contributed by atoms with Crippen molar-refractivity contribution in [3.8, 4) is 17.2 Å². The summed E-state index contributed by atoms with van der Waals surface area (Å²) in [4.78, 5) is 34.9. The van der Waals surface area contributed by atoms with Gasteiger partial charge < -0.3 is 29.2 Å². The number of fused-ring (bicyclic) bond motifs is 1. The molecule has 2 N–H and O–H groups in total. The van der Waals surface area contributed by atoms with Crippen LogP contribution in [0.5, 0.6) is 17.2 Å². The van der Waals surface area contributed by atoms with Crippen LogP contribution >= 0.6 is 0 Å². The van der Waals surface area contributed by atoms with Crippen LogP contribution in [0.25, 0.3) is 0 Å². The number of hydrogen-bond donors (Lipinski definition) is 2. The van der Waals surface area contributed by atoms with Crippen LogP contribution in [-0.2, 0) is 9.53 Å². The molecule has 0 saturated carbocycles. The molecular weight excluding hydrogens is 392 g/mol. The molecule has 4 rings (SSSR count). The van der Waals surface area contributed by atoms with Gasteiger partial charge in [0.2, 0.25) is 17.6 Å². The largest absolute Gasteiger partial charge is 0.493 e. The van der Waals surface area contributed by atoms with Gasteiger partial charge >= 0.3 is 0 Å². The average molecular weight is 416 g/mol. The molecule has 0 spiro atoms. The first-order valence-corrected chi connectivity index (χ1v) is 9.63. The smallest absolute Gasteiger partial charge is 0.258 e. The third-order valence-electron chi connectivity index (χ3n) is 5.36. The highest BCUT2D eigenvalue weighted by Crippen LogP contribution is 2.46. The van der Waals surface area contributed by atoms with Gasteiger partial charge in [-0.1, -0.05) is 6.07 Å². The van der Waals surface area contributed by atoms with Crippen LogP contribution in [0.1, 0.15) is 23.5 Å². The monoisotopic (exact) mass is 416 g/mol. The topological polar surface area (TPSA) is 115 Å². The third-order valence-corrected chi connectivity index (χ3v) is 5.36. The zero-order chi connectivity index (χ0) is 21.3. The van der Waals surface area contributed by atoms with Gasteiger partial charge in [0, 0.05) is 31.0 Å². The average Bonchev–Trinajstić information content (AvgIpc) is 2.77. The van der Waals surface area contributed by atoms with Crippen molar-refractivity contribution in [3.05, 3.63) is 33.6 Å². The Balaban J connectivity index is 1.83. The van der Waals surface area contributed by atoms with E-state index in [2.05, 4.69) is 15.3 Å². The van der Waals surface area contributed by atoms with Gasteiger partial charge in [0.05, 0.1) is 40.1 Å². The lowest BCUT2D eigenvalue weighted by atomic mass is 9.86. The molecule has 0 unspecified atom stereocenters. The van der Waals surface area contributed by atoms with E-state index in [9.17, 15) is 9.59 Å². The van der Waals surface area contributed by atoms with Crippen LogP contribution in [0, 0.1) is 0 Å². The summed E-state index contributed by atoms with van der Waals surface area (Å²) in [5.41, 5.74) is 0.734. The van der Waals surface area contributed by atoms with Gasteiger partial charge in [0.25, 0.3) is 5.56 Å². The van der Waals surface area contributed by atoms with Crippen LogP contribution < -0.4 is 30.0 Å². The summed E-state index contributed by atoms with van der Waals surface area (Å²) in [5.74, 6) is 1.22. The zero-order valence-electron chi connectivity index (χ0n) is 17.1. The quantitative estimate of drug-likeness (QED) is 0.745. The second-order valence-corrected chi connectivity index (χ2v) is 6.98. The summed E-state index contributed by atoms with van der Waals surface area (Å²) in [7, 11) is 4.55. The Labute approximate surface area is 173 Å². The molecule has 2 aliphatic heterocycles. The van der Waals surface area contributed by atoms with Crippen LogP contribution in [0.4, 0.5) is 11.8 Å². The summed E-state index contributed by atoms with van der Waals surface area (Å²) in [5, 5.41) is 2.74. The fourth-order valence-corrected chi connectivity index (χ4v) is 3.95. The maximum atomic E-state index is 13.1. The van der Waals surface area contributed by atoms with Crippen molar-refractivity contribution >= 4 is 17.7 Å². The predicted octanol–water partition coefficient (Wildman–Crippen LogP) is 1.11. The van der Waals surface area contributed by atoms with E-state index < -0.39 is 5.92 Å². The normalized spacial score (nSPS) is 18.4. The lowest BCUT2D eigenvalue weighted by molar-refractivity contribution is -0.116. The molecule has 1 atom stereocenters. The number of benzene rings is 1. The van der Waals surface area contributed by atoms with Gasteiger partial charge in [-0.05, 0) is 6.07 Å². The maximum Gasteiger partial charge on any atom is 0.258 e. The number of nitrogens with zero attached hydrogens (tertiary/aromatic N) is 2. The van der Waals surface area contributed by atoms with E-state index in [0.717, 1.165) is 0 Å². The van der Waals surface area contributed by atoms with E-state index in [-0.39, 0.29) is 23.7 Å². The van der Waals surface area contributed by atoms with E-state index >= 15 is 0 Å². The number of rotatable bonds is 5. The molecule has 10 nitrogen and oxygen atoms in total. The van der Waals surface area contributed by atoms with Crippen molar-refractivity contribution in [2.45, 2.75) is 12.3 Å². The number of carbonyl (C=O) groups excluding carboxylic acids is 1. The molecule has 0 aliphatic carbocycles. The van der Waals surface area contributed by atoms with Crippen molar-refractivity contribution < 1.29 is 23.7 Å². The first kappa shape index (κ1) is 20.0. The number of aromatic amines is 1. The number of nitrogens with one attached hydrogen (secondary N) is 2. The van der Waals surface area contributed by atoms with Crippen molar-refractivity contribution in [1.29, 1.82) is 0 Å². The zero-order valence-corrected chi connectivity index (χ0v) is 17.1. The molecule has 0 bridgehead atoms. The maximum absolute atomic E-state index is 13.1. The number of aromatic nitrogens is 2. The molecule has 2 aromatic rings. The summed E-state index contributed by atoms with van der Waals surface area (Å²) >= 11 is 0. The van der Waals surface area contributed by atoms with Gasteiger partial charge in [0.1, 0.15) is 5.82 Å². The van der Waals surface area contributed by atoms with Gasteiger partial charge in [-0.2, -0.15) is 4.98 Å². The number of H-pyrrole nitrogens is 1. The molecule has 160 valence electrons. The number of ether oxygens (including phenoxy) is 4. The van der Waals surface area contributed by atoms with Crippen LogP contribution in [-0.4, -0.2) is 63.5 Å². The molecule has 2 aliphatic rings. The Morgan fingerprint density at radius 1 is 1.07 bits per heavy atom. The second-order valence-electron chi connectivity index (χ2n) is 6.98. The summed E-state index contributed by atoms with van der Waals surface area (Å²) in [6.07, 6.45) is 0.0838. The predicted molar refractivity (Wildman–Crippen MR) is 109 cm³/mol. The number of methoxy groups -OCH3 is 3. The summed E-state index contributed by atoms with van der Waals surface area (Å²) < 4.78 is 21.7. The minimum Gasteiger partial charge on any atom is -0.493 e. The van der Waals surface area contributed by atoms with Crippen molar-refractivity contribution in [2.24, 2.45) is 0 Å². The van der Waals surface area contributed by atoms with Gasteiger partial charge in [-0.3, -0.25) is 14.6 Å². The minimum absolute atomic E-state index is 0.0838. The highest BCUT2D eigenvalue weighted by atomic mass is 16.5. The lowest BCUT2D eigenvalue weighted by Gasteiger charge is -2.30. The molecule has 1 amide bonds. The second kappa shape index (κ2) is 8.23. The third kappa shape index (κ3) is 3.43. The highest BCUT2D eigenvalue weighted by Gasteiger charge is 2.34. The summed E-state index contributed by atoms with van der Waals surface area (Å²) in [6.45, 7) is 2.34. The van der Waals surface area contributed by atoms with Crippen molar-refractivity contribution in [1.82, 2.24) is 9.97 Å². The molecule has 1 saturated heterocycles. The van der Waals surface area contributed by atoms with Crippen molar-refractivity contribution in [2.75, 3.05) is 57.8 Å². The number of amides is 1. The molecule has 30 heavy (non-hydrogen) atoms. The van der Waals surface area contributed by atoms with E-state index in [4.69, 9.17) is 18.9 Å². The number of morpholine rings is 1. The fraction of sp³-hybridized carbons (Fsp3) is 0.450. The van der Waals surface area contributed by atoms with Crippen LogP contribution in [0.15, 0.2) is 16.9 Å². The number of anilines is 2. The van der Waals surface area contributed by atoms with E-state index in [1.165, 1.54) is 21.3 Å². The Morgan fingerprint density at radius 3 is 2.47 bits per heavy atom. The molecule has 1 aromatic carbocycles. The Kier molecular flexibility index (Phi) is 5.49. The highest BCUT2D eigenvalue weighted by molar-refractivity contribution is 5.94. The van der Waals surface area contributed by atoms with Crippen LogP contribution in [0.2, 0.25) is 0 Å². The Hall–Kier alpha value is -3.27. The van der Waals surface area contributed by atoms with E-state index in [0.29, 0.717) is 60.6 Å². The number of hydrogen-bond acceptors (Lipinski definition) is 8. The van der Waals surface area contributed by atoms with Gasteiger partial charge in [-0.15, -0.1) is 0 Å². The number of carbonyl (C=O) groups is 1. The van der Waals surface area contributed by atoms with Crippen molar-refractivity contribution in [3.63, 3.8) is 0 Å². The van der Waals surface area contributed by atoms with Crippen LogP contribution in [0.3, 0.4) is 0 Å². The first-order chi connectivity index (χ1) is 14.6. The molecule has 10 heteroatoms. The molecule has 1 fully saturated rings. The lowest BCUT2D eigenvalue weighted by Crippen LogP contribution is -2.40. The molecule has 1 aromatic heterocycles. The molecule has 0 radical (unpaired) electrons. The first-order valence-electron chi connectivity index (χ1n) is 9.63. The molecule has 3 heterocycles.